The normalized spacial score (nSPS) is 28.7. The molecule has 1 saturated heterocycles. The molecule has 1 aromatic carbocycles. The van der Waals surface area contributed by atoms with Crippen molar-refractivity contribution in [2.24, 2.45) is 0 Å². The smallest absolute Gasteiger partial charge is 0.361 e. The van der Waals surface area contributed by atoms with Gasteiger partial charge in [-0.1, -0.05) is 29.8 Å². The molecule has 1 saturated carbocycles. The van der Waals surface area contributed by atoms with Crippen molar-refractivity contribution in [2.45, 2.75) is 63.1 Å². The van der Waals surface area contributed by atoms with Crippen LogP contribution in [-0.4, -0.2) is 47.5 Å². The second kappa shape index (κ2) is 8.01. The number of aryl methyl sites for hydroxylation is 2. The SMILES string of the molecule is Cc1cccc([C@]2(N(C)C)CC[C@@]3(CC2)CN(c2cnc(C(F)(F)F)cc2C)C(O)N3)c1. The van der Waals surface area contributed by atoms with Gasteiger partial charge >= 0.3 is 6.18 Å². The number of halogens is 3. The van der Waals surface area contributed by atoms with Crippen molar-refractivity contribution in [2.75, 3.05) is 25.5 Å². The Morgan fingerprint density at radius 1 is 1.12 bits per heavy atom. The maximum absolute atomic E-state index is 13.0. The molecular weight excluding hydrogens is 417 g/mol. The van der Waals surface area contributed by atoms with Crippen LogP contribution in [0.4, 0.5) is 18.9 Å². The molecule has 1 aliphatic carbocycles. The summed E-state index contributed by atoms with van der Waals surface area (Å²) in [6.07, 6.45) is -0.691. The third-order valence-corrected chi connectivity index (χ3v) is 7.33. The van der Waals surface area contributed by atoms with Crippen LogP contribution in [0.5, 0.6) is 0 Å². The van der Waals surface area contributed by atoms with E-state index in [9.17, 15) is 18.3 Å². The van der Waals surface area contributed by atoms with Crippen LogP contribution in [0.1, 0.15) is 48.1 Å². The Morgan fingerprint density at radius 3 is 2.38 bits per heavy atom. The fourth-order valence-corrected chi connectivity index (χ4v) is 5.40. The Bertz CT molecular complexity index is 983. The summed E-state index contributed by atoms with van der Waals surface area (Å²) in [7, 11) is 4.22. The summed E-state index contributed by atoms with van der Waals surface area (Å²) in [4.78, 5) is 7.63. The van der Waals surface area contributed by atoms with E-state index in [1.165, 1.54) is 17.3 Å². The zero-order valence-electron chi connectivity index (χ0n) is 19.0. The van der Waals surface area contributed by atoms with Crippen LogP contribution in [-0.2, 0) is 11.7 Å². The van der Waals surface area contributed by atoms with Gasteiger partial charge in [-0.3, -0.25) is 10.2 Å². The maximum Gasteiger partial charge on any atom is 0.433 e. The number of benzene rings is 1. The molecule has 1 aromatic heterocycles. The second-order valence-electron chi connectivity index (χ2n) is 9.58. The zero-order valence-corrected chi connectivity index (χ0v) is 19.0. The number of pyridine rings is 1. The van der Waals surface area contributed by atoms with Crippen molar-refractivity contribution in [3.63, 3.8) is 0 Å². The molecule has 0 amide bonds. The number of nitrogens with one attached hydrogen (secondary N) is 1. The number of aliphatic hydroxyl groups excluding tert-OH is 1. The van der Waals surface area contributed by atoms with Crippen LogP contribution < -0.4 is 10.2 Å². The molecule has 2 fully saturated rings. The van der Waals surface area contributed by atoms with Gasteiger partial charge in [0.2, 0.25) is 0 Å². The third-order valence-electron chi connectivity index (χ3n) is 7.33. The highest BCUT2D eigenvalue weighted by molar-refractivity contribution is 5.54. The predicted molar refractivity (Wildman–Crippen MR) is 118 cm³/mol. The number of aromatic nitrogens is 1. The average Bonchev–Trinajstić information content (AvgIpc) is 3.03. The summed E-state index contributed by atoms with van der Waals surface area (Å²) in [5.41, 5.74) is 2.22. The summed E-state index contributed by atoms with van der Waals surface area (Å²) in [5, 5.41) is 14.1. The van der Waals surface area contributed by atoms with E-state index in [0.717, 1.165) is 31.7 Å². The Labute approximate surface area is 187 Å². The number of rotatable bonds is 3. The molecule has 2 aliphatic rings. The van der Waals surface area contributed by atoms with Gasteiger partial charge in [0, 0.05) is 17.6 Å². The molecule has 1 aliphatic heterocycles. The van der Waals surface area contributed by atoms with Gasteiger partial charge in [0.15, 0.2) is 6.35 Å². The molecule has 1 spiro atoms. The first kappa shape index (κ1) is 23.0. The Morgan fingerprint density at radius 2 is 1.81 bits per heavy atom. The van der Waals surface area contributed by atoms with E-state index >= 15 is 0 Å². The number of nitrogens with zero attached hydrogens (tertiary/aromatic N) is 3. The van der Waals surface area contributed by atoms with Crippen molar-refractivity contribution >= 4 is 5.69 Å². The summed E-state index contributed by atoms with van der Waals surface area (Å²) < 4.78 is 39.0. The zero-order chi connectivity index (χ0) is 23.3. The van der Waals surface area contributed by atoms with Gasteiger partial charge < -0.3 is 10.0 Å². The number of anilines is 1. The van der Waals surface area contributed by atoms with Crippen molar-refractivity contribution in [1.29, 1.82) is 0 Å². The monoisotopic (exact) mass is 448 g/mol. The molecule has 0 radical (unpaired) electrons. The summed E-state index contributed by atoms with van der Waals surface area (Å²) in [6.45, 7) is 4.25. The standard InChI is InChI=1S/C24H31F3N4O/c1-16-6-5-7-18(12-16)23(30(3)4)10-8-22(9-11-23)15-31(21(32)29-22)19-14-28-20(13-17(19)2)24(25,26)27/h5-7,12-14,21,29,32H,8-11,15H2,1-4H3/t21?,22-,23+. The number of hydrogen-bond donors (Lipinski definition) is 2. The number of alkyl halides is 3. The van der Waals surface area contributed by atoms with Gasteiger partial charge in [0.25, 0.3) is 0 Å². The summed E-state index contributed by atoms with van der Waals surface area (Å²) in [6, 6.07) is 9.68. The van der Waals surface area contributed by atoms with Crippen molar-refractivity contribution < 1.29 is 18.3 Å². The molecule has 8 heteroatoms. The number of hydrogen-bond acceptors (Lipinski definition) is 5. The average molecular weight is 449 g/mol. The molecule has 4 rings (SSSR count). The van der Waals surface area contributed by atoms with Gasteiger partial charge in [-0.15, -0.1) is 0 Å². The van der Waals surface area contributed by atoms with Crippen LogP contribution in [0, 0.1) is 13.8 Å². The van der Waals surface area contributed by atoms with Gasteiger partial charge in [-0.25, -0.2) is 4.98 Å². The van der Waals surface area contributed by atoms with Crippen molar-refractivity contribution in [3.05, 3.63) is 58.9 Å². The molecule has 0 bridgehead atoms. The van der Waals surface area contributed by atoms with Crippen LogP contribution in [0.25, 0.3) is 0 Å². The van der Waals surface area contributed by atoms with Gasteiger partial charge in [0.05, 0.1) is 11.9 Å². The van der Waals surface area contributed by atoms with E-state index in [0.29, 0.717) is 17.8 Å². The summed E-state index contributed by atoms with van der Waals surface area (Å²) >= 11 is 0. The second-order valence-corrected chi connectivity index (χ2v) is 9.58. The topological polar surface area (TPSA) is 51.6 Å². The Hall–Kier alpha value is -2.16. The van der Waals surface area contributed by atoms with E-state index in [2.05, 4.69) is 60.5 Å². The van der Waals surface area contributed by atoms with Crippen LogP contribution >= 0.6 is 0 Å². The molecular formula is C24H31F3N4O. The van der Waals surface area contributed by atoms with E-state index in [-0.39, 0.29) is 11.1 Å². The van der Waals surface area contributed by atoms with E-state index < -0.39 is 18.2 Å². The highest BCUT2D eigenvalue weighted by atomic mass is 19.4. The molecule has 174 valence electrons. The summed E-state index contributed by atoms with van der Waals surface area (Å²) in [5.74, 6) is 0. The Kier molecular flexibility index (Phi) is 5.76. The lowest BCUT2D eigenvalue weighted by atomic mass is 9.68. The third kappa shape index (κ3) is 4.00. The first-order chi connectivity index (χ1) is 15.0. The molecule has 5 nitrogen and oxygen atoms in total. The minimum Gasteiger partial charge on any atom is -0.361 e. The molecule has 2 heterocycles. The maximum atomic E-state index is 13.0. The lowest BCUT2D eigenvalue weighted by molar-refractivity contribution is -0.141. The van der Waals surface area contributed by atoms with E-state index in [1.54, 1.807) is 11.8 Å². The lowest BCUT2D eigenvalue weighted by Gasteiger charge is -2.49. The largest absolute Gasteiger partial charge is 0.433 e. The van der Waals surface area contributed by atoms with Gasteiger partial charge in [0.1, 0.15) is 5.69 Å². The van der Waals surface area contributed by atoms with Crippen LogP contribution in [0.3, 0.4) is 0 Å². The Balaban J connectivity index is 1.55. The first-order valence-corrected chi connectivity index (χ1v) is 11.0. The molecule has 1 unspecified atom stereocenters. The van der Waals surface area contributed by atoms with Crippen molar-refractivity contribution in [1.82, 2.24) is 15.2 Å². The molecule has 1 atom stereocenters. The predicted octanol–water partition coefficient (Wildman–Crippen LogP) is 4.17. The minimum atomic E-state index is -4.49. The molecule has 2 N–H and O–H groups in total. The van der Waals surface area contributed by atoms with Gasteiger partial charge in [-0.05, 0) is 70.8 Å². The highest BCUT2D eigenvalue weighted by Gasteiger charge is 2.50. The van der Waals surface area contributed by atoms with Crippen molar-refractivity contribution in [3.8, 4) is 0 Å². The minimum absolute atomic E-state index is 0.0802. The molecule has 2 aromatic rings. The lowest BCUT2D eigenvalue weighted by Crippen LogP contribution is -2.54. The van der Waals surface area contributed by atoms with Crippen LogP contribution in [0.2, 0.25) is 0 Å². The molecule has 32 heavy (non-hydrogen) atoms. The van der Waals surface area contributed by atoms with E-state index in [4.69, 9.17) is 0 Å². The van der Waals surface area contributed by atoms with Gasteiger partial charge in [-0.2, -0.15) is 13.2 Å². The highest BCUT2D eigenvalue weighted by Crippen LogP contribution is 2.47. The fourth-order valence-electron chi connectivity index (χ4n) is 5.40. The number of aliphatic hydroxyl groups is 1. The van der Waals surface area contributed by atoms with Crippen LogP contribution in [0.15, 0.2) is 36.5 Å². The quantitative estimate of drug-likeness (QED) is 0.738. The fraction of sp³-hybridized carbons (Fsp3) is 0.542. The first-order valence-electron chi connectivity index (χ1n) is 11.0. The van der Waals surface area contributed by atoms with E-state index in [1.807, 2.05) is 0 Å².